The molecule has 0 N–H and O–H groups in total. The minimum absolute atomic E-state index is 0.619. The number of hydrogen-bond acceptors (Lipinski definition) is 3. The molecular weight excluding hydrogens is 284 g/mol. The van der Waals surface area contributed by atoms with E-state index in [1.807, 2.05) is 47.9 Å². The molecule has 0 aliphatic rings. The van der Waals surface area contributed by atoms with Crippen LogP contribution in [-0.2, 0) is 0 Å². The van der Waals surface area contributed by atoms with Crippen molar-refractivity contribution in [1.29, 1.82) is 5.26 Å². The number of rotatable bonds is 2. The lowest BCUT2D eigenvalue weighted by molar-refractivity contribution is 0.972. The Labute approximate surface area is 127 Å². The van der Waals surface area contributed by atoms with E-state index in [4.69, 9.17) is 16.9 Å². The summed E-state index contributed by atoms with van der Waals surface area (Å²) in [4.78, 5) is 0. The largest absolute Gasteiger partial charge is 0.279 e. The predicted octanol–water partition coefficient (Wildman–Crippen LogP) is 3.77. The predicted molar refractivity (Wildman–Crippen MR) is 81.3 cm³/mol. The third kappa shape index (κ3) is 2.51. The summed E-state index contributed by atoms with van der Waals surface area (Å²) in [6.45, 7) is 1.90. The first-order chi connectivity index (χ1) is 10.2. The molecule has 3 rings (SSSR count). The summed E-state index contributed by atoms with van der Waals surface area (Å²) in [6, 6.07) is 16.9. The number of nitrogens with zero attached hydrogens (tertiary/aromatic N) is 4. The van der Waals surface area contributed by atoms with Gasteiger partial charge in [0.05, 0.1) is 11.6 Å². The molecule has 1 heterocycles. The van der Waals surface area contributed by atoms with E-state index in [9.17, 15) is 0 Å². The van der Waals surface area contributed by atoms with Crippen LogP contribution in [0.3, 0.4) is 0 Å². The topological polar surface area (TPSA) is 54.5 Å². The van der Waals surface area contributed by atoms with Crippen LogP contribution < -0.4 is 0 Å². The molecule has 0 fully saturated rings. The fourth-order valence-electron chi connectivity index (χ4n) is 2.14. The maximum Gasteiger partial charge on any atom is 0.168 e. The molecule has 102 valence electrons. The second kappa shape index (κ2) is 5.39. The Morgan fingerprint density at radius 3 is 2.29 bits per heavy atom. The van der Waals surface area contributed by atoms with Crippen molar-refractivity contribution >= 4 is 11.6 Å². The van der Waals surface area contributed by atoms with Gasteiger partial charge in [0.1, 0.15) is 5.82 Å². The Balaban J connectivity index is 2.12. The Morgan fingerprint density at radius 2 is 1.67 bits per heavy atom. The highest BCUT2D eigenvalue weighted by molar-refractivity contribution is 6.30. The maximum atomic E-state index is 8.87. The van der Waals surface area contributed by atoms with Crippen LogP contribution in [0.5, 0.6) is 0 Å². The number of hydrogen-bond donors (Lipinski definition) is 0. The first-order valence-corrected chi connectivity index (χ1v) is 6.75. The van der Waals surface area contributed by atoms with E-state index >= 15 is 0 Å². The zero-order valence-electron chi connectivity index (χ0n) is 11.3. The van der Waals surface area contributed by atoms with Crippen molar-refractivity contribution in [3.05, 3.63) is 64.9 Å². The molecule has 0 aliphatic heterocycles. The van der Waals surface area contributed by atoms with Gasteiger partial charge in [-0.05, 0) is 55.5 Å². The quantitative estimate of drug-likeness (QED) is 0.723. The van der Waals surface area contributed by atoms with Crippen molar-refractivity contribution in [2.24, 2.45) is 0 Å². The molecule has 0 atom stereocenters. The van der Waals surface area contributed by atoms with Crippen LogP contribution in [0.4, 0.5) is 0 Å². The lowest BCUT2D eigenvalue weighted by Gasteiger charge is -2.09. The monoisotopic (exact) mass is 294 g/mol. The van der Waals surface area contributed by atoms with Gasteiger partial charge >= 0.3 is 0 Å². The Hall–Kier alpha value is -2.64. The lowest BCUT2D eigenvalue weighted by atomic mass is 10.1. The first kappa shape index (κ1) is 13.3. The van der Waals surface area contributed by atoms with Crippen molar-refractivity contribution < 1.29 is 0 Å². The number of aryl methyl sites for hydroxylation is 1. The zero-order chi connectivity index (χ0) is 14.8. The average molecular weight is 295 g/mol. The van der Waals surface area contributed by atoms with Gasteiger partial charge < -0.3 is 0 Å². The van der Waals surface area contributed by atoms with Gasteiger partial charge in [-0.25, -0.2) is 0 Å². The molecule has 2 aromatic carbocycles. The third-order valence-electron chi connectivity index (χ3n) is 3.18. The van der Waals surface area contributed by atoms with Gasteiger partial charge in [-0.15, -0.1) is 10.2 Å². The van der Waals surface area contributed by atoms with Gasteiger partial charge in [0, 0.05) is 16.3 Å². The second-order valence-corrected chi connectivity index (χ2v) is 5.01. The molecule has 0 saturated heterocycles. The molecule has 0 bridgehead atoms. The van der Waals surface area contributed by atoms with E-state index in [1.165, 1.54) is 0 Å². The van der Waals surface area contributed by atoms with Crippen LogP contribution in [0.25, 0.3) is 17.1 Å². The molecule has 3 aromatic rings. The molecule has 0 amide bonds. The number of benzene rings is 2. The van der Waals surface area contributed by atoms with Gasteiger partial charge in [0.2, 0.25) is 0 Å². The van der Waals surface area contributed by atoms with Gasteiger partial charge in [0.25, 0.3) is 0 Å². The molecule has 1 aromatic heterocycles. The second-order valence-electron chi connectivity index (χ2n) is 4.57. The van der Waals surface area contributed by atoms with E-state index in [2.05, 4.69) is 16.3 Å². The highest BCUT2D eigenvalue weighted by atomic mass is 35.5. The van der Waals surface area contributed by atoms with Crippen LogP contribution in [0.1, 0.15) is 11.4 Å². The summed E-state index contributed by atoms with van der Waals surface area (Å²) < 4.78 is 1.96. The van der Waals surface area contributed by atoms with Gasteiger partial charge in [-0.2, -0.15) is 5.26 Å². The van der Waals surface area contributed by atoms with Crippen molar-refractivity contribution in [3.63, 3.8) is 0 Å². The molecule has 0 aliphatic carbocycles. The SMILES string of the molecule is Cc1nnc(-c2ccc(C#N)cc2)n1-c1ccc(Cl)cc1. The van der Waals surface area contributed by atoms with Crippen LogP contribution in [-0.4, -0.2) is 14.8 Å². The van der Waals surface area contributed by atoms with E-state index < -0.39 is 0 Å². The molecule has 0 saturated carbocycles. The normalized spacial score (nSPS) is 10.3. The maximum absolute atomic E-state index is 8.87. The van der Waals surface area contributed by atoms with Crippen molar-refractivity contribution in [2.75, 3.05) is 0 Å². The zero-order valence-corrected chi connectivity index (χ0v) is 12.0. The summed E-state index contributed by atoms with van der Waals surface area (Å²) in [5, 5.41) is 17.9. The van der Waals surface area contributed by atoms with Crippen LogP contribution >= 0.6 is 11.6 Å². The third-order valence-corrected chi connectivity index (χ3v) is 3.43. The first-order valence-electron chi connectivity index (χ1n) is 6.37. The van der Waals surface area contributed by atoms with E-state index in [0.717, 1.165) is 22.9 Å². The molecule has 0 radical (unpaired) electrons. The lowest BCUT2D eigenvalue weighted by Crippen LogP contribution is -1.99. The number of halogens is 1. The Bertz CT molecular complexity index is 811. The molecule has 5 heteroatoms. The summed E-state index contributed by atoms with van der Waals surface area (Å²) in [5.74, 6) is 1.52. The summed E-state index contributed by atoms with van der Waals surface area (Å²) in [5.41, 5.74) is 2.47. The van der Waals surface area contributed by atoms with Crippen LogP contribution in [0.2, 0.25) is 5.02 Å². The minimum atomic E-state index is 0.619. The van der Waals surface area contributed by atoms with E-state index in [-0.39, 0.29) is 0 Å². The van der Waals surface area contributed by atoms with E-state index in [0.29, 0.717) is 10.6 Å². The van der Waals surface area contributed by atoms with Crippen molar-refractivity contribution in [1.82, 2.24) is 14.8 Å². The molecule has 4 nitrogen and oxygen atoms in total. The van der Waals surface area contributed by atoms with E-state index in [1.54, 1.807) is 12.1 Å². The Kier molecular flexibility index (Phi) is 3.43. The van der Waals surface area contributed by atoms with Gasteiger partial charge in [0.15, 0.2) is 5.82 Å². The molecule has 0 unspecified atom stereocenters. The highest BCUT2D eigenvalue weighted by Crippen LogP contribution is 2.23. The molecule has 21 heavy (non-hydrogen) atoms. The summed E-state index contributed by atoms with van der Waals surface area (Å²) in [7, 11) is 0. The number of aromatic nitrogens is 3. The number of nitriles is 1. The fraction of sp³-hybridized carbons (Fsp3) is 0.0625. The van der Waals surface area contributed by atoms with Crippen molar-refractivity contribution in [3.8, 4) is 23.1 Å². The van der Waals surface area contributed by atoms with Crippen LogP contribution in [0, 0.1) is 18.3 Å². The smallest absolute Gasteiger partial charge is 0.168 e. The fourth-order valence-corrected chi connectivity index (χ4v) is 2.27. The standard InChI is InChI=1S/C16H11ClN4/c1-11-19-20-16(13-4-2-12(10-18)3-5-13)21(11)15-8-6-14(17)7-9-15/h2-9H,1H3. The van der Waals surface area contributed by atoms with Crippen molar-refractivity contribution in [2.45, 2.75) is 6.92 Å². The van der Waals surface area contributed by atoms with Gasteiger partial charge in [-0.1, -0.05) is 11.6 Å². The summed E-state index contributed by atoms with van der Waals surface area (Å²) in [6.07, 6.45) is 0. The van der Waals surface area contributed by atoms with Gasteiger partial charge in [-0.3, -0.25) is 4.57 Å². The summed E-state index contributed by atoms with van der Waals surface area (Å²) >= 11 is 5.93. The molecular formula is C16H11ClN4. The minimum Gasteiger partial charge on any atom is -0.279 e. The Morgan fingerprint density at radius 1 is 1.00 bits per heavy atom. The van der Waals surface area contributed by atoms with Crippen LogP contribution in [0.15, 0.2) is 48.5 Å². The molecule has 0 spiro atoms. The average Bonchev–Trinajstić information content (AvgIpc) is 2.90. The highest BCUT2D eigenvalue weighted by Gasteiger charge is 2.12.